The summed E-state index contributed by atoms with van der Waals surface area (Å²) in [5, 5.41) is 0. The normalized spacial score (nSPS) is 16.6. The van der Waals surface area contributed by atoms with Gasteiger partial charge in [0.15, 0.2) is 0 Å². The molecule has 1 aromatic rings. The topological polar surface area (TPSA) is 42.1 Å². The Bertz CT molecular complexity index is 422. The maximum atomic E-state index is 5.91. The lowest BCUT2D eigenvalue weighted by Gasteiger charge is -2.30. The molecule has 3 nitrogen and oxygen atoms in total. The van der Waals surface area contributed by atoms with Gasteiger partial charge in [-0.1, -0.05) is 19.3 Å². The second-order valence-electron chi connectivity index (χ2n) is 5.94. The Morgan fingerprint density at radius 1 is 1.26 bits per heavy atom. The van der Waals surface area contributed by atoms with Gasteiger partial charge in [0.05, 0.1) is 0 Å². The standard InChI is InChI=1S/C16H27N3/c1-12-9-16(15(10-17)13(2)18-12)19(3)11-14-7-5-4-6-8-14/h9,14H,4-8,10-11,17H2,1-3H3. The fourth-order valence-corrected chi connectivity index (χ4v) is 3.28. The summed E-state index contributed by atoms with van der Waals surface area (Å²) in [5.74, 6) is 0.846. The smallest absolute Gasteiger partial charge is 0.0445 e. The Morgan fingerprint density at radius 3 is 2.58 bits per heavy atom. The molecule has 19 heavy (non-hydrogen) atoms. The Kier molecular flexibility index (Phi) is 4.81. The molecule has 0 atom stereocenters. The van der Waals surface area contributed by atoms with E-state index < -0.39 is 0 Å². The number of rotatable bonds is 4. The number of aromatic nitrogens is 1. The molecule has 0 radical (unpaired) electrons. The second kappa shape index (κ2) is 6.38. The number of hydrogen-bond donors (Lipinski definition) is 1. The molecule has 1 heterocycles. The van der Waals surface area contributed by atoms with Crippen LogP contribution in [0.3, 0.4) is 0 Å². The highest BCUT2D eigenvalue weighted by Gasteiger charge is 2.18. The summed E-state index contributed by atoms with van der Waals surface area (Å²) < 4.78 is 0. The Labute approximate surface area is 117 Å². The number of pyridine rings is 1. The van der Waals surface area contributed by atoms with Crippen LogP contribution in [0.4, 0.5) is 5.69 Å². The molecular formula is C16H27N3. The van der Waals surface area contributed by atoms with E-state index in [0.717, 1.165) is 23.9 Å². The predicted molar refractivity (Wildman–Crippen MR) is 81.4 cm³/mol. The predicted octanol–water partition coefficient (Wildman–Crippen LogP) is 3.17. The van der Waals surface area contributed by atoms with Crippen LogP contribution in [0, 0.1) is 19.8 Å². The third-order valence-corrected chi connectivity index (χ3v) is 4.31. The van der Waals surface area contributed by atoms with Gasteiger partial charge in [0.25, 0.3) is 0 Å². The van der Waals surface area contributed by atoms with Gasteiger partial charge in [-0.2, -0.15) is 0 Å². The molecule has 0 aromatic carbocycles. The first-order valence-corrected chi connectivity index (χ1v) is 7.50. The summed E-state index contributed by atoms with van der Waals surface area (Å²) in [7, 11) is 2.20. The molecule has 2 rings (SSSR count). The van der Waals surface area contributed by atoms with Gasteiger partial charge in [-0.05, 0) is 38.7 Å². The van der Waals surface area contributed by atoms with Gasteiger partial charge in [-0.15, -0.1) is 0 Å². The lowest BCUT2D eigenvalue weighted by atomic mass is 9.89. The SMILES string of the molecule is Cc1cc(N(C)CC2CCCCC2)c(CN)c(C)n1. The van der Waals surface area contributed by atoms with Crippen molar-refractivity contribution in [2.75, 3.05) is 18.5 Å². The monoisotopic (exact) mass is 261 g/mol. The zero-order valence-electron chi connectivity index (χ0n) is 12.6. The van der Waals surface area contributed by atoms with Crippen LogP contribution >= 0.6 is 0 Å². The van der Waals surface area contributed by atoms with Crippen LogP contribution in [-0.2, 0) is 6.54 Å². The molecule has 2 N–H and O–H groups in total. The van der Waals surface area contributed by atoms with E-state index in [2.05, 4.69) is 36.8 Å². The van der Waals surface area contributed by atoms with E-state index in [1.54, 1.807) is 0 Å². The van der Waals surface area contributed by atoms with Crippen molar-refractivity contribution >= 4 is 5.69 Å². The number of nitrogens with two attached hydrogens (primary N) is 1. The summed E-state index contributed by atoms with van der Waals surface area (Å²) in [5.41, 5.74) is 10.5. The first-order valence-electron chi connectivity index (χ1n) is 7.50. The third kappa shape index (κ3) is 3.47. The first-order chi connectivity index (χ1) is 9.11. The van der Waals surface area contributed by atoms with Gasteiger partial charge in [0.2, 0.25) is 0 Å². The average Bonchev–Trinajstić information content (AvgIpc) is 2.39. The van der Waals surface area contributed by atoms with Gasteiger partial charge < -0.3 is 10.6 Å². The molecule has 1 aliphatic carbocycles. The average molecular weight is 261 g/mol. The molecule has 0 amide bonds. The van der Waals surface area contributed by atoms with E-state index in [4.69, 9.17) is 5.73 Å². The summed E-state index contributed by atoms with van der Waals surface area (Å²) in [4.78, 5) is 6.92. The van der Waals surface area contributed by atoms with Crippen molar-refractivity contribution in [2.24, 2.45) is 11.7 Å². The van der Waals surface area contributed by atoms with Crippen molar-refractivity contribution < 1.29 is 0 Å². The molecule has 3 heteroatoms. The Hall–Kier alpha value is -1.09. The Balaban J connectivity index is 2.15. The van der Waals surface area contributed by atoms with E-state index in [-0.39, 0.29) is 0 Å². The molecule has 1 aliphatic rings. The zero-order valence-corrected chi connectivity index (χ0v) is 12.6. The largest absolute Gasteiger partial charge is 0.374 e. The number of nitrogens with zero attached hydrogens (tertiary/aromatic N) is 2. The van der Waals surface area contributed by atoms with Gasteiger partial charge >= 0.3 is 0 Å². The summed E-state index contributed by atoms with van der Waals surface area (Å²) in [6.07, 6.45) is 6.98. The molecule has 1 saturated carbocycles. The van der Waals surface area contributed by atoms with E-state index in [1.165, 1.54) is 43.4 Å². The Morgan fingerprint density at radius 2 is 1.95 bits per heavy atom. The van der Waals surface area contributed by atoms with Crippen LogP contribution in [0.5, 0.6) is 0 Å². The summed E-state index contributed by atoms with van der Waals surface area (Å²) >= 11 is 0. The third-order valence-electron chi connectivity index (χ3n) is 4.31. The van der Waals surface area contributed by atoms with E-state index in [9.17, 15) is 0 Å². The number of anilines is 1. The molecule has 1 aromatic heterocycles. The van der Waals surface area contributed by atoms with Crippen LogP contribution in [0.15, 0.2) is 6.07 Å². The van der Waals surface area contributed by atoms with Crippen molar-refractivity contribution in [3.05, 3.63) is 23.0 Å². The van der Waals surface area contributed by atoms with Crippen molar-refractivity contribution in [3.8, 4) is 0 Å². The fourth-order valence-electron chi connectivity index (χ4n) is 3.28. The highest BCUT2D eigenvalue weighted by molar-refractivity contribution is 5.55. The molecule has 106 valence electrons. The zero-order chi connectivity index (χ0) is 13.8. The molecule has 0 aliphatic heterocycles. The lowest BCUT2D eigenvalue weighted by molar-refractivity contribution is 0.362. The van der Waals surface area contributed by atoms with Crippen LogP contribution in [0.25, 0.3) is 0 Å². The van der Waals surface area contributed by atoms with Crippen LogP contribution < -0.4 is 10.6 Å². The van der Waals surface area contributed by atoms with E-state index >= 15 is 0 Å². The van der Waals surface area contributed by atoms with Gasteiger partial charge in [-0.3, -0.25) is 4.98 Å². The quantitative estimate of drug-likeness (QED) is 0.905. The molecule has 0 unspecified atom stereocenters. The summed E-state index contributed by atoms with van der Waals surface area (Å²) in [6, 6.07) is 2.18. The van der Waals surface area contributed by atoms with Gasteiger partial charge in [0, 0.05) is 42.8 Å². The van der Waals surface area contributed by atoms with Crippen LogP contribution in [0.1, 0.15) is 49.1 Å². The molecule has 1 fully saturated rings. The van der Waals surface area contributed by atoms with E-state index in [0.29, 0.717) is 6.54 Å². The summed E-state index contributed by atoms with van der Waals surface area (Å²) in [6.45, 7) is 5.84. The maximum absolute atomic E-state index is 5.91. The molecular weight excluding hydrogens is 234 g/mol. The van der Waals surface area contributed by atoms with Crippen molar-refractivity contribution in [1.29, 1.82) is 0 Å². The maximum Gasteiger partial charge on any atom is 0.0445 e. The van der Waals surface area contributed by atoms with Gasteiger partial charge in [-0.25, -0.2) is 0 Å². The molecule has 0 saturated heterocycles. The minimum atomic E-state index is 0.573. The minimum absolute atomic E-state index is 0.573. The van der Waals surface area contributed by atoms with Crippen LogP contribution in [0.2, 0.25) is 0 Å². The van der Waals surface area contributed by atoms with Gasteiger partial charge in [0.1, 0.15) is 0 Å². The second-order valence-corrected chi connectivity index (χ2v) is 5.94. The fraction of sp³-hybridized carbons (Fsp3) is 0.688. The minimum Gasteiger partial charge on any atom is -0.374 e. The lowest BCUT2D eigenvalue weighted by Crippen LogP contribution is -2.28. The van der Waals surface area contributed by atoms with Crippen LogP contribution in [-0.4, -0.2) is 18.6 Å². The number of hydrogen-bond acceptors (Lipinski definition) is 3. The van der Waals surface area contributed by atoms with Crippen molar-refractivity contribution in [3.63, 3.8) is 0 Å². The van der Waals surface area contributed by atoms with E-state index in [1.807, 2.05) is 0 Å². The molecule has 0 bridgehead atoms. The van der Waals surface area contributed by atoms with Crippen molar-refractivity contribution in [1.82, 2.24) is 4.98 Å². The van der Waals surface area contributed by atoms with Crippen molar-refractivity contribution in [2.45, 2.75) is 52.5 Å². The first kappa shape index (κ1) is 14.3. The highest BCUT2D eigenvalue weighted by Crippen LogP contribution is 2.28. The highest BCUT2D eigenvalue weighted by atomic mass is 15.1. The molecule has 0 spiro atoms. The number of aryl methyl sites for hydroxylation is 2.